The molecule has 142 valence electrons. The van der Waals surface area contributed by atoms with Gasteiger partial charge in [-0.1, -0.05) is 44.1 Å². The van der Waals surface area contributed by atoms with Gasteiger partial charge in [-0.25, -0.2) is 0 Å². The Balaban J connectivity index is 2.49. The van der Waals surface area contributed by atoms with Crippen LogP contribution in [-0.4, -0.2) is 39.3 Å². The maximum Gasteiger partial charge on any atom is 0.303 e. The van der Waals surface area contributed by atoms with Crippen molar-refractivity contribution in [3.63, 3.8) is 0 Å². The number of hydrogen-bond acceptors (Lipinski definition) is 4. The summed E-state index contributed by atoms with van der Waals surface area (Å²) in [6.07, 6.45) is 12.2. The summed E-state index contributed by atoms with van der Waals surface area (Å²) in [5.74, 6) is -1.39. The first-order chi connectivity index (χ1) is 12.0. The number of aliphatic carboxylic acids is 1. The Kier molecular flexibility index (Phi) is 10.3. The van der Waals surface area contributed by atoms with Gasteiger partial charge in [0.2, 0.25) is 0 Å². The number of unbranched alkanes of at least 4 members (excludes halogenated alkanes) is 3. The van der Waals surface area contributed by atoms with Gasteiger partial charge in [0.25, 0.3) is 0 Å². The number of Topliss-reactive ketones (excluding diaryl/α,β-unsaturated/α-hetero) is 1. The summed E-state index contributed by atoms with van der Waals surface area (Å²) in [6.45, 7) is 2.16. The highest BCUT2D eigenvalue weighted by Gasteiger charge is 2.39. The first-order valence-electron chi connectivity index (χ1n) is 9.39. The number of ketones is 1. The second-order valence-corrected chi connectivity index (χ2v) is 6.87. The zero-order chi connectivity index (χ0) is 18.7. The van der Waals surface area contributed by atoms with Crippen molar-refractivity contribution >= 4 is 11.8 Å². The summed E-state index contributed by atoms with van der Waals surface area (Å²) in [4.78, 5) is 22.6. The minimum Gasteiger partial charge on any atom is -0.481 e. The van der Waals surface area contributed by atoms with Crippen LogP contribution in [0.3, 0.4) is 0 Å². The maximum absolute atomic E-state index is 12.1. The van der Waals surface area contributed by atoms with E-state index in [2.05, 4.69) is 13.0 Å². The molecule has 0 heterocycles. The fourth-order valence-electron chi connectivity index (χ4n) is 3.22. The quantitative estimate of drug-likeness (QED) is 0.370. The van der Waals surface area contributed by atoms with Crippen molar-refractivity contribution in [3.8, 4) is 0 Å². The molecule has 1 saturated carbocycles. The van der Waals surface area contributed by atoms with Crippen molar-refractivity contribution in [2.45, 2.75) is 76.9 Å². The molecular formula is C20H32O5. The summed E-state index contributed by atoms with van der Waals surface area (Å²) < 4.78 is 0. The molecule has 0 spiro atoms. The van der Waals surface area contributed by atoms with E-state index < -0.39 is 18.2 Å². The number of carbonyl (C=O) groups excluding carboxylic acids is 1. The van der Waals surface area contributed by atoms with E-state index in [1.807, 2.05) is 6.08 Å². The van der Waals surface area contributed by atoms with Gasteiger partial charge in [0.1, 0.15) is 5.78 Å². The monoisotopic (exact) mass is 352 g/mol. The van der Waals surface area contributed by atoms with Gasteiger partial charge in [-0.05, 0) is 32.1 Å². The van der Waals surface area contributed by atoms with Crippen LogP contribution in [0.4, 0.5) is 0 Å². The molecule has 0 radical (unpaired) electrons. The highest BCUT2D eigenvalue weighted by Crippen LogP contribution is 2.33. The third-order valence-corrected chi connectivity index (χ3v) is 4.72. The van der Waals surface area contributed by atoms with Gasteiger partial charge in [-0.15, -0.1) is 0 Å². The molecular weight excluding hydrogens is 320 g/mol. The molecule has 5 heteroatoms. The molecule has 1 aliphatic rings. The van der Waals surface area contributed by atoms with Crippen LogP contribution in [0.5, 0.6) is 0 Å². The van der Waals surface area contributed by atoms with Crippen molar-refractivity contribution in [2.24, 2.45) is 11.8 Å². The van der Waals surface area contributed by atoms with Crippen LogP contribution in [0, 0.1) is 11.8 Å². The van der Waals surface area contributed by atoms with Crippen molar-refractivity contribution in [1.29, 1.82) is 0 Å². The standard InChI is InChI=1S/C20H32O5/c1-2-3-4-5-6-7-10-16-17(19(23)14-18(16)22)13-12-15(21)9-8-11-20(24)25/h6-7,12-13,15-18,21-22H,2-5,8-11,14H2,1H3,(H,24,25)/b7-6-,13-12+/t15-,16+,17-,18+/m1/s1. The number of rotatable bonds is 12. The smallest absolute Gasteiger partial charge is 0.303 e. The molecule has 4 atom stereocenters. The van der Waals surface area contributed by atoms with E-state index in [-0.39, 0.29) is 30.5 Å². The van der Waals surface area contributed by atoms with Gasteiger partial charge in [-0.3, -0.25) is 9.59 Å². The highest BCUT2D eigenvalue weighted by atomic mass is 16.4. The van der Waals surface area contributed by atoms with Crippen LogP contribution >= 0.6 is 0 Å². The van der Waals surface area contributed by atoms with Crippen LogP contribution in [-0.2, 0) is 9.59 Å². The summed E-state index contributed by atoms with van der Waals surface area (Å²) in [6, 6.07) is 0. The van der Waals surface area contributed by atoms with Crippen LogP contribution in [0.2, 0.25) is 0 Å². The van der Waals surface area contributed by atoms with Gasteiger partial charge in [0.05, 0.1) is 12.2 Å². The number of aliphatic hydroxyl groups excluding tert-OH is 2. The number of carboxylic acid groups (broad SMARTS) is 1. The minimum atomic E-state index is -0.879. The second kappa shape index (κ2) is 12.0. The minimum absolute atomic E-state index is 0.00543. The SMILES string of the molecule is CCCCC/C=C\C[C@@H]1[C@@H](O)CC(=O)[C@@H]1/C=C/[C@H](O)CCCC(=O)O. The average molecular weight is 352 g/mol. The Bertz CT molecular complexity index is 469. The zero-order valence-corrected chi connectivity index (χ0v) is 15.1. The van der Waals surface area contributed by atoms with Gasteiger partial charge in [0, 0.05) is 24.7 Å². The lowest BCUT2D eigenvalue weighted by atomic mass is 9.90. The van der Waals surface area contributed by atoms with Gasteiger partial charge >= 0.3 is 5.97 Å². The van der Waals surface area contributed by atoms with E-state index in [1.165, 1.54) is 12.8 Å². The van der Waals surface area contributed by atoms with Crippen molar-refractivity contribution in [1.82, 2.24) is 0 Å². The summed E-state index contributed by atoms with van der Waals surface area (Å²) in [7, 11) is 0. The number of aliphatic hydroxyl groups is 2. The van der Waals surface area contributed by atoms with E-state index in [0.717, 1.165) is 12.8 Å². The van der Waals surface area contributed by atoms with Crippen LogP contribution in [0.1, 0.15) is 64.7 Å². The highest BCUT2D eigenvalue weighted by molar-refractivity contribution is 5.86. The van der Waals surface area contributed by atoms with E-state index >= 15 is 0 Å². The normalized spacial score (nSPS) is 25.2. The average Bonchev–Trinajstić information content (AvgIpc) is 2.81. The number of carboxylic acids is 1. The fraction of sp³-hybridized carbons (Fsp3) is 0.700. The van der Waals surface area contributed by atoms with E-state index in [1.54, 1.807) is 12.2 Å². The molecule has 0 aromatic carbocycles. The Labute approximate surface area is 150 Å². The van der Waals surface area contributed by atoms with Crippen molar-refractivity contribution < 1.29 is 24.9 Å². The van der Waals surface area contributed by atoms with Crippen LogP contribution in [0.15, 0.2) is 24.3 Å². The molecule has 5 nitrogen and oxygen atoms in total. The summed E-state index contributed by atoms with van der Waals surface area (Å²) >= 11 is 0. The molecule has 0 aliphatic heterocycles. The Morgan fingerprint density at radius 1 is 1.28 bits per heavy atom. The van der Waals surface area contributed by atoms with E-state index in [0.29, 0.717) is 19.3 Å². The molecule has 0 saturated heterocycles. The predicted molar refractivity (Wildman–Crippen MR) is 97.1 cm³/mol. The summed E-state index contributed by atoms with van der Waals surface area (Å²) in [5, 5.41) is 28.6. The molecule has 0 bridgehead atoms. The molecule has 0 amide bonds. The molecule has 1 rings (SSSR count). The van der Waals surface area contributed by atoms with Crippen LogP contribution < -0.4 is 0 Å². The largest absolute Gasteiger partial charge is 0.481 e. The topological polar surface area (TPSA) is 94.8 Å². The van der Waals surface area contributed by atoms with Crippen molar-refractivity contribution in [2.75, 3.05) is 0 Å². The first-order valence-corrected chi connectivity index (χ1v) is 9.39. The lowest BCUT2D eigenvalue weighted by Gasteiger charge is -2.17. The third kappa shape index (κ3) is 8.45. The molecule has 0 aromatic rings. The van der Waals surface area contributed by atoms with Gasteiger partial charge < -0.3 is 15.3 Å². The Morgan fingerprint density at radius 3 is 2.72 bits per heavy atom. The molecule has 3 N–H and O–H groups in total. The molecule has 25 heavy (non-hydrogen) atoms. The molecule has 0 aromatic heterocycles. The molecule has 1 aliphatic carbocycles. The molecule has 1 fully saturated rings. The Hall–Kier alpha value is -1.46. The zero-order valence-electron chi connectivity index (χ0n) is 15.1. The fourth-order valence-corrected chi connectivity index (χ4v) is 3.22. The van der Waals surface area contributed by atoms with Crippen molar-refractivity contribution in [3.05, 3.63) is 24.3 Å². The van der Waals surface area contributed by atoms with E-state index in [4.69, 9.17) is 5.11 Å². The lowest BCUT2D eigenvalue weighted by Crippen LogP contribution is -2.19. The summed E-state index contributed by atoms with van der Waals surface area (Å²) in [5.41, 5.74) is 0. The lowest BCUT2D eigenvalue weighted by molar-refractivity contribution is -0.137. The Morgan fingerprint density at radius 2 is 2.04 bits per heavy atom. The van der Waals surface area contributed by atoms with E-state index in [9.17, 15) is 19.8 Å². The second-order valence-electron chi connectivity index (χ2n) is 6.87. The number of carbonyl (C=O) groups is 2. The first kappa shape index (κ1) is 21.6. The number of allylic oxidation sites excluding steroid dienone is 3. The van der Waals surface area contributed by atoms with Gasteiger partial charge in [0.15, 0.2) is 0 Å². The predicted octanol–water partition coefficient (Wildman–Crippen LogP) is 3.25. The number of hydrogen-bond donors (Lipinski definition) is 3. The molecule has 0 unspecified atom stereocenters. The third-order valence-electron chi connectivity index (χ3n) is 4.72. The van der Waals surface area contributed by atoms with Gasteiger partial charge in [-0.2, -0.15) is 0 Å². The maximum atomic E-state index is 12.1. The van der Waals surface area contributed by atoms with Crippen LogP contribution in [0.25, 0.3) is 0 Å².